The average Bonchev–Trinajstić information content (AvgIpc) is 1.87. The van der Waals surface area contributed by atoms with E-state index in [1.54, 1.807) is 6.08 Å². The van der Waals surface area contributed by atoms with E-state index in [2.05, 4.69) is 5.73 Å². The number of carbonyl (C=O) groups excluding carboxylic acids is 1. The summed E-state index contributed by atoms with van der Waals surface area (Å²) < 4.78 is 0. The molecule has 11 heavy (non-hydrogen) atoms. The Morgan fingerprint density at radius 3 is 2.45 bits per heavy atom. The number of allylic oxidation sites excluding steroid dienone is 3. The predicted octanol–water partition coefficient (Wildman–Crippen LogP) is 2.64. The van der Waals surface area contributed by atoms with E-state index in [1.165, 1.54) is 0 Å². The summed E-state index contributed by atoms with van der Waals surface area (Å²) in [5.74, 6) is 0. The maximum atomic E-state index is 10.00. The third kappa shape index (κ3) is 6.82. The van der Waals surface area contributed by atoms with Gasteiger partial charge in [-0.25, -0.2) is 0 Å². The van der Waals surface area contributed by atoms with Crippen molar-refractivity contribution >= 4 is 6.29 Å². The normalized spacial score (nSPS) is 10.3. The lowest BCUT2D eigenvalue weighted by atomic mass is 10.2. The monoisotopic (exact) mass is 150 g/mol. The van der Waals surface area contributed by atoms with Gasteiger partial charge in [-0.3, -0.25) is 4.79 Å². The number of aldehydes is 1. The molecule has 0 aliphatic carbocycles. The van der Waals surface area contributed by atoms with Crippen molar-refractivity contribution in [3.05, 3.63) is 29.0 Å². The van der Waals surface area contributed by atoms with Crippen LogP contribution in [0.15, 0.2) is 29.0 Å². The molecule has 0 aromatic heterocycles. The molecule has 0 atom stereocenters. The first kappa shape index (κ1) is 9.93. The van der Waals surface area contributed by atoms with Crippen LogP contribution in [0.4, 0.5) is 0 Å². The fraction of sp³-hybridized carbons (Fsp3) is 0.400. The fourth-order valence-electron chi connectivity index (χ4n) is 0.600. The van der Waals surface area contributed by atoms with Crippen LogP contribution in [0.3, 0.4) is 0 Å². The summed E-state index contributed by atoms with van der Waals surface area (Å²) in [7, 11) is 0. The van der Waals surface area contributed by atoms with Crippen molar-refractivity contribution in [1.82, 2.24) is 0 Å². The molecule has 0 bridgehead atoms. The Morgan fingerprint density at radius 1 is 1.36 bits per heavy atom. The highest BCUT2D eigenvalue weighted by Gasteiger charge is 1.81. The Balaban J connectivity index is 3.99. The number of hydrogen-bond acceptors (Lipinski definition) is 1. The van der Waals surface area contributed by atoms with Crippen LogP contribution in [-0.4, -0.2) is 6.29 Å². The largest absolute Gasteiger partial charge is 0.299 e. The quantitative estimate of drug-likeness (QED) is 0.343. The van der Waals surface area contributed by atoms with Crippen LogP contribution in [0.25, 0.3) is 0 Å². The van der Waals surface area contributed by atoms with E-state index in [4.69, 9.17) is 0 Å². The molecule has 0 rings (SSSR count). The Hall–Kier alpha value is -1.07. The van der Waals surface area contributed by atoms with Crippen molar-refractivity contribution in [2.45, 2.75) is 27.2 Å². The van der Waals surface area contributed by atoms with Gasteiger partial charge in [0.15, 0.2) is 0 Å². The van der Waals surface area contributed by atoms with Gasteiger partial charge in [0.05, 0.1) is 0 Å². The van der Waals surface area contributed by atoms with Crippen LogP contribution >= 0.6 is 0 Å². The van der Waals surface area contributed by atoms with Gasteiger partial charge >= 0.3 is 0 Å². The summed E-state index contributed by atoms with van der Waals surface area (Å²) in [6, 6.07) is 0. The van der Waals surface area contributed by atoms with Gasteiger partial charge < -0.3 is 0 Å². The van der Waals surface area contributed by atoms with Crippen LogP contribution in [0.5, 0.6) is 0 Å². The van der Waals surface area contributed by atoms with E-state index in [-0.39, 0.29) is 0 Å². The molecule has 0 aromatic carbocycles. The Morgan fingerprint density at radius 2 is 2.00 bits per heavy atom. The Bertz CT molecular complexity index is 211. The summed E-state index contributed by atoms with van der Waals surface area (Å²) in [6.07, 6.45) is 5.13. The van der Waals surface area contributed by atoms with Crippen molar-refractivity contribution in [3.8, 4) is 0 Å². The first-order valence-corrected chi connectivity index (χ1v) is 3.66. The van der Waals surface area contributed by atoms with Crippen molar-refractivity contribution in [3.63, 3.8) is 0 Å². The molecule has 0 unspecified atom stereocenters. The molecule has 0 amide bonds. The fourth-order valence-corrected chi connectivity index (χ4v) is 0.600. The first-order chi connectivity index (χ1) is 5.16. The molecule has 1 heteroatoms. The first-order valence-electron chi connectivity index (χ1n) is 3.66. The summed E-state index contributed by atoms with van der Waals surface area (Å²) in [4.78, 5) is 10.00. The standard InChI is InChI=1S/C10H14O/c1-9(2)5-4-6-10(3)7-8-11/h4,7-8H,6H2,1-3H3/b10-7+. The van der Waals surface area contributed by atoms with E-state index in [1.807, 2.05) is 26.8 Å². The van der Waals surface area contributed by atoms with Crippen LogP contribution in [0.1, 0.15) is 27.2 Å². The maximum absolute atomic E-state index is 10.00. The lowest BCUT2D eigenvalue weighted by Crippen LogP contribution is -1.72. The molecule has 0 radical (unpaired) electrons. The third-order valence-electron chi connectivity index (χ3n) is 1.17. The highest BCUT2D eigenvalue weighted by atomic mass is 16.1. The Kier molecular flexibility index (Phi) is 5.14. The van der Waals surface area contributed by atoms with Crippen molar-refractivity contribution in [1.29, 1.82) is 0 Å². The van der Waals surface area contributed by atoms with Gasteiger partial charge in [-0.05, 0) is 44.9 Å². The van der Waals surface area contributed by atoms with Crippen LogP contribution in [0, 0.1) is 0 Å². The van der Waals surface area contributed by atoms with Crippen molar-refractivity contribution in [2.24, 2.45) is 0 Å². The topological polar surface area (TPSA) is 17.1 Å². The highest BCUT2D eigenvalue weighted by Crippen LogP contribution is 1.98. The van der Waals surface area contributed by atoms with Gasteiger partial charge in [-0.15, -0.1) is 5.73 Å². The predicted molar refractivity (Wildman–Crippen MR) is 47.4 cm³/mol. The number of rotatable bonds is 3. The van der Waals surface area contributed by atoms with Gasteiger partial charge in [0.25, 0.3) is 0 Å². The minimum absolute atomic E-state index is 0.809. The number of hydrogen-bond donors (Lipinski definition) is 0. The molecule has 0 N–H and O–H groups in total. The molecule has 0 aromatic rings. The average molecular weight is 150 g/mol. The molecular formula is C10H14O. The van der Waals surface area contributed by atoms with Crippen molar-refractivity contribution in [2.75, 3.05) is 0 Å². The molecule has 0 saturated heterocycles. The van der Waals surface area contributed by atoms with E-state index >= 15 is 0 Å². The smallest absolute Gasteiger partial charge is 0.142 e. The molecule has 60 valence electrons. The lowest BCUT2D eigenvalue weighted by Gasteiger charge is -1.88. The zero-order valence-electron chi connectivity index (χ0n) is 7.35. The van der Waals surface area contributed by atoms with Crippen LogP contribution in [0.2, 0.25) is 0 Å². The SMILES string of the molecule is CC(C)=C=CC/C(C)=C/C=O. The second-order valence-electron chi connectivity index (χ2n) is 2.70. The maximum Gasteiger partial charge on any atom is 0.142 e. The van der Waals surface area contributed by atoms with E-state index in [0.29, 0.717) is 0 Å². The zero-order chi connectivity index (χ0) is 8.69. The van der Waals surface area contributed by atoms with E-state index in [9.17, 15) is 4.79 Å². The van der Waals surface area contributed by atoms with Crippen molar-refractivity contribution < 1.29 is 4.79 Å². The third-order valence-corrected chi connectivity index (χ3v) is 1.17. The summed E-state index contributed by atoms with van der Waals surface area (Å²) in [6.45, 7) is 5.92. The second kappa shape index (κ2) is 5.70. The van der Waals surface area contributed by atoms with Gasteiger partial charge in [-0.2, -0.15) is 0 Å². The van der Waals surface area contributed by atoms with Crippen LogP contribution in [-0.2, 0) is 4.79 Å². The Labute approximate surface area is 68.1 Å². The summed E-state index contributed by atoms with van der Waals surface area (Å²) >= 11 is 0. The minimum Gasteiger partial charge on any atom is -0.299 e. The molecule has 0 aliphatic rings. The van der Waals surface area contributed by atoms with E-state index in [0.717, 1.165) is 23.9 Å². The van der Waals surface area contributed by atoms with Gasteiger partial charge in [0.1, 0.15) is 6.29 Å². The number of carbonyl (C=O) groups is 1. The molecular weight excluding hydrogens is 136 g/mol. The molecule has 0 fully saturated rings. The highest BCUT2D eigenvalue weighted by molar-refractivity contribution is 5.65. The van der Waals surface area contributed by atoms with E-state index < -0.39 is 0 Å². The molecule has 0 spiro atoms. The minimum atomic E-state index is 0.809. The molecule has 0 aliphatic heterocycles. The molecule has 0 saturated carbocycles. The summed E-state index contributed by atoms with van der Waals surface area (Å²) in [5, 5.41) is 0. The molecule has 0 heterocycles. The van der Waals surface area contributed by atoms with Crippen LogP contribution < -0.4 is 0 Å². The molecule has 1 nitrogen and oxygen atoms in total. The summed E-state index contributed by atoms with van der Waals surface area (Å²) in [5.41, 5.74) is 5.29. The zero-order valence-corrected chi connectivity index (χ0v) is 7.35. The van der Waals surface area contributed by atoms with Gasteiger partial charge in [0.2, 0.25) is 0 Å². The lowest BCUT2D eigenvalue weighted by molar-refractivity contribution is -0.104. The van der Waals surface area contributed by atoms with Gasteiger partial charge in [-0.1, -0.05) is 5.57 Å². The second-order valence-corrected chi connectivity index (χ2v) is 2.70. The van der Waals surface area contributed by atoms with Gasteiger partial charge in [0, 0.05) is 0 Å².